The van der Waals surface area contributed by atoms with Gasteiger partial charge in [-0.15, -0.1) is 0 Å². The Morgan fingerprint density at radius 1 is 1.36 bits per heavy atom. The van der Waals surface area contributed by atoms with Gasteiger partial charge >= 0.3 is 11.7 Å². The van der Waals surface area contributed by atoms with E-state index in [2.05, 4.69) is 9.97 Å². The Labute approximate surface area is 146 Å². The highest BCUT2D eigenvalue weighted by Gasteiger charge is 2.25. The number of nitrogens with one attached hydrogen (secondary N) is 1. The summed E-state index contributed by atoms with van der Waals surface area (Å²) in [5.74, 6) is -1.10. The van der Waals surface area contributed by atoms with Crippen molar-refractivity contribution in [2.24, 2.45) is 12.8 Å². The molecule has 0 unspecified atom stereocenters. The summed E-state index contributed by atoms with van der Waals surface area (Å²) in [4.78, 5) is 53.8. The van der Waals surface area contributed by atoms with E-state index in [1.165, 1.54) is 11.6 Å². The summed E-state index contributed by atoms with van der Waals surface area (Å²) in [6, 6.07) is 0. The van der Waals surface area contributed by atoms with Gasteiger partial charge in [0.25, 0.3) is 5.56 Å². The van der Waals surface area contributed by atoms with Gasteiger partial charge in [0.1, 0.15) is 11.8 Å². The van der Waals surface area contributed by atoms with Gasteiger partial charge in [-0.3, -0.25) is 23.9 Å². The summed E-state index contributed by atoms with van der Waals surface area (Å²) < 4.78 is 7.48. The normalized spacial score (nSPS) is 12.3. The molecule has 0 bridgehead atoms. The lowest BCUT2D eigenvalue weighted by Crippen LogP contribution is -2.30. The number of carbonyl (C=O) groups excluding carboxylic acids is 2. The number of rotatable bonds is 7. The molecule has 3 N–H and O–H groups in total. The summed E-state index contributed by atoms with van der Waals surface area (Å²) in [5.41, 5.74) is 4.11. The summed E-state index contributed by atoms with van der Waals surface area (Å²) >= 11 is 1.06. The number of amides is 1. The summed E-state index contributed by atoms with van der Waals surface area (Å²) in [6.45, 7) is 3.44. The van der Waals surface area contributed by atoms with Gasteiger partial charge in [-0.2, -0.15) is 0 Å². The van der Waals surface area contributed by atoms with Gasteiger partial charge in [-0.25, -0.2) is 9.78 Å². The minimum atomic E-state index is -0.682. The molecule has 0 radical (unpaired) electrons. The number of aryl methyl sites for hydroxylation is 1. The standard InChI is InChI=1S/C14H19N5O5S/c1-4-7(12(22)24-5-2)25-14-16-10-9(19(14)6-8(15)20)11(21)17-13(23)18(10)3/h7H,4-6H2,1-3H3,(H2,15,20)(H,17,21,23)/t7-/m0/s1. The number of thioether (sulfide) groups is 1. The predicted molar refractivity (Wildman–Crippen MR) is 91.4 cm³/mol. The van der Waals surface area contributed by atoms with Crippen LogP contribution in [0.1, 0.15) is 20.3 Å². The van der Waals surface area contributed by atoms with Gasteiger partial charge in [0.15, 0.2) is 16.3 Å². The zero-order chi connectivity index (χ0) is 18.7. The molecule has 0 fully saturated rings. The van der Waals surface area contributed by atoms with E-state index in [-0.39, 0.29) is 29.5 Å². The lowest BCUT2D eigenvalue weighted by Gasteiger charge is -2.13. The van der Waals surface area contributed by atoms with Gasteiger partial charge < -0.3 is 15.0 Å². The molecule has 0 aliphatic rings. The van der Waals surface area contributed by atoms with Crippen LogP contribution < -0.4 is 17.0 Å². The highest BCUT2D eigenvalue weighted by atomic mass is 32.2. The van der Waals surface area contributed by atoms with Crippen LogP contribution in [0.2, 0.25) is 0 Å². The largest absolute Gasteiger partial charge is 0.465 e. The van der Waals surface area contributed by atoms with Crippen LogP contribution in [0, 0.1) is 0 Å². The van der Waals surface area contributed by atoms with Gasteiger partial charge in [0.2, 0.25) is 5.91 Å². The van der Waals surface area contributed by atoms with Crippen LogP contribution in [0.25, 0.3) is 11.2 Å². The molecule has 0 saturated heterocycles. The maximum atomic E-state index is 12.2. The molecule has 2 aromatic rings. The molecule has 0 saturated carbocycles. The number of aromatic nitrogens is 4. The highest BCUT2D eigenvalue weighted by Crippen LogP contribution is 2.28. The molecule has 11 heteroatoms. The first-order valence-electron chi connectivity index (χ1n) is 7.61. The zero-order valence-electron chi connectivity index (χ0n) is 14.1. The van der Waals surface area contributed by atoms with Crippen LogP contribution in [0.4, 0.5) is 0 Å². The van der Waals surface area contributed by atoms with Crippen LogP contribution in [0.15, 0.2) is 14.7 Å². The van der Waals surface area contributed by atoms with Crippen molar-refractivity contribution in [1.82, 2.24) is 19.1 Å². The van der Waals surface area contributed by atoms with Gasteiger partial charge in [-0.05, 0) is 13.3 Å². The Morgan fingerprint density at radius 3 is 2.60 bits per heavy atom. The topological polar surface area (TPSA) is 142 Å². The second kappa shape index (κ2) is 7.55. The first-order valence-corrected chi connectivity index (χ1v) is 8.49. The number of nitrogens with zero attached hydrogens (tertiary/aromatic N) is 3. The molecule has 25 heavy (non-hydrogen) atoms. The number of imidazole rings is 1. The molecule has 2 aromatic heterocycles. The van der Waals surface area contributed by atoms with Crippen LogP contribution in [-0.4, -0.2) is 42.8 Å². The zero-order valence-corrected chi connectivity index (χ0v) is 14.9. The monoisotopic (exact) mass is 369 g/mol. The van der Waals surface area contributed by atoms with Crippen molar-refractivity contribution in [3.05, 3.63) is 20.8 Å². The number of nitrogens with two attached hydrogens (primary N) is 1. The molecule has 10 nitrogen and oxygen atoms in total. The third-order valence-corrected chi connectivity index (χ3v) is 4.79. The minimum Gasteiger partial charge on any atom is -0.465 e. The number of esters is 1. The molecule has 1 atom stereocenters. The van der Waals surface area contributed by atoms with Crippen LogP contribution in [0.5, 0.6) is 0 Å². The van der Waals surface area contributed by atoms with Gasteiger partial charge in [0.05, 0.1) is 6.61 Å². The van der Waals surface area contributed by atoms with E-state index in [4.69, 9.17) is 10.5 Å². The Hall–Kier alpha value is -2.56. The number of carbonyl (C=O) groups is 2. The van der Waals surface area contributed by atoms with Crippen molar-refractivity contribution in [3.63, 3.8) is 0 Å². The van der Waals surface area contributed by atoms with E-state index in [9.17, 15) is 19.2 Å². The molecule has 2 heterocycles. The van der Waals surface area contributed by atoms with Crippen molar-refractivity contribution < 1.29 is 14.3 Å². The first kappa shape index (κ1) is 18.8. The fourth-order valence-corrected chi connectivity index (χ4v) is 3.28. The van der Waals surface area contributed by atoms with Crippen LogP contribution >= 0.6 is 11.8 Å². The summed E-state index contributed by atoms with van der Waals surface area (Å²) in [5, 5.41) is -0.333. The molecule has 0 aromatic carbocycles. The van der Waals surface area contributed by atoms with Crippen molar-refractivity contribution in [3.8, 4) is 0 Å². The molecule has 0 spiro atoms. The minimum absolute atomic E-state index is 0.0436. The average Bonchev–Trinajstić information content (AvgIpc) is 2.88. The van der Waals surface area contributed by atoms with Gasteiger partial charge in [0, 0.05) is 7.05 Å². The maximum Gasteiger partial charge on any atom is 0.329 e. The molecule has 2 rings (SSSR count). The molecule has 0 aliphatic carbocycles. The number of fused-ring (bicyclic) bond motifs is 1. The van der Waals surface area contributed by atoms with E-state index in [1.807, 2.05) is 0 Å². The van der Waals surface area contributed by atoms with Crippen LogP contribution in [-0.2, 0) is 27.9 Å². The van der Waals surface area contributed by atoms with Crippen molar-refractivity contribution in [2.45, 2.75) is 37.2 Å². The van der Waals surface area contributed by atoms with E-state index in [0.717, 1.165) is 16.3 Å². The first-order chi connectivity index (χ1) is 11.8. The molecular weight excluding hydrogens is 350 g/mol. The van der Waals surface area contributed by atoms with Gasteiger partial charge in [-0.1, -0.05) is 18.7 Å². The number of hydrogen-bond donors (Lipinski definition) is 2. The lowest BCUT2D eigenvalue weighted by atomic mass is 10.3. The quantitative estimate of drug-likeness (QED) is 0.487. The number of aromatic amines is 1. The Kier molecular flexibility index (Phi) is 5.67. The average molecular weight is 369 g/mol. The third kappa shape index (κ3) is 3.76. The maximum absolute atomic E-state index is 12.2. The smallest absolute Gasteiger partial charge is 0.329 e. The molecule has 136 valence electrons. The molecular formula is C14H19N5O5S. The van der Waals surface area contributed by atoms with Crippen molar-refractivity contribution in [1.29, 1.82) is 0 Å². The van der Waals surface area contributed by atoms with E-state index in [0.29, 0.717) is 6.42 Å². The second-order valence-corrected chi connectivity index (χ2v) is 6.37. The molecule has 0 aliphatic heterocycles. The Balaban J connectivity index is 2.62. The number of ether oxygens (including phenoxy) is 1. The Bertz CT molecular complexity index is 928. The van der Waals surface area contributed by atoms with E-state index < -0.39 is 28.4 Å². The Morgan fingerprint density at radius 2 is 2.04 bits per heavy atom. The SMILES string of the molecule is CCOC(=O)[C@H](CC)Sc1nc2c(c(=O)[nH]c(=O)n2C)n1CC(N)=O. The van der Waals surface area contributed by atoms with E-state index in [1.54, 1.807) is 13.8 Å². The third-order valence-electron chi connectivity index (χ3n) is 3.45. The van der Waals surface area contributed by atoms with Crippen molar-refractivity contribution >= 4 is 34.8 Å². The fraction of sp³-hybridized carbons (Fsp3) is 0.500. The molecule has 1 amide bonds. The lowest BCUT2D eigenvalue weighted by molar-refractivity contribution is -0.142. The number of primary amides is 1. The summed E-state index contributed by atoms with van der Waals surface area (Å²) in [6.07, 6.45) is 0.457. The van der Waals surface area contributed by atoms with Crippen molar-refractivity contribution in [2.75, 3.05) is 6.61 Å². The summed E-state index contributed by atoms with van der Waals surface area (Å²) in [7, 11) is 1.44. The fourth-order valence-electron chi connectivity index (χ4n) is 2.27. The predicted octanol–water partition coefficient (Wildman–Crippen LogP) is -0.658. The number of H-pyrrole nitrogens is 1. The highest BCUT2D eigenvalue weighted by molar-refractivity contribution is 8.00. The van der Waals surface area contributed by atoms with E-state index >= 15 is 0 Å². The number of hydrogen-bond acceptors (Lipinski definition) is 7. The van der Waals surface area contributed by atoms with Crippen LogP contribution in [0.3, 0.4) is 0 Å². The second-order valence-electron chi connectivity index (χ2n) is 5.20.